The molecule has 0 aromatic carbocycles. The Morgan fingerprint density at radius 3 is 2.81 bits per heavy atom. The molecular formula is C13H21N3. The van der Waals surface area contributed by atoms with Crippen LogP contribution in [0, 0.1) is 11.8 Å². The third-order valence-corrected chi connectivity index (χ3v) is 3.73. The van der Waals surface area contributed by atoms with Crippen molar-refractivity contribution in [3.05, 3.63) is 18.3 Å². The first-order chi connectivity index (χ1) is 7.65. The molecule has 0 bridgehead atoms. The van der Waals surface area contributed by atoms with E-state index in [1.54, 1.807) is 6.20 Å². The van der Waals surface area contributed by atoms with Crippen LogP contribution in [0.3, 0.4) is 0 Å². The van der Waals surface area contributed by atoms with Gasteiger partial charge in [0.15, 0.2) is 0 Å². The Morgan fingerprint density at radius 2 is 2.12 bits per heavy atom. The third kappa shape index (κ3) is 2.65. The van der Waals surface area contributed by atoms with Crippen LogP contribution in [0.4, 0.5) is 11.5 Å². The Bertz CT molecular complexity index is 351. The molecule has 1 aromatic rings. The average molecular weight is 219 g/mol. The Labute approximate surface area is 97.5 Å². The second-order valence-corrected chi connectivity index (χ2v) is 5.08. The van der Waals surface area contributed by atoms with Crippen LogP contribution in [0.15, 0.2) is 18.3 Å². The molecule has 88 valence electrons. The highest BCUT2D eigenvalue weighted by molar-refractivity contribution is 5.48. The van der Waals surface area contributed by atoms with Crippen molar-refractivity contribution >= 4 is 11.5 Å². The smallest absolute Gasteiger partial charge is 0.128 e. The van der Waals surface area contributed by atoms with Crippen LogP contribution in [0.2, 0.25) is 0 Å². The van der Waals surface area contributed by atoms with Crippen molar-refractivity contribution in [3.63, 3.8) is 0 Å². The first-order valence-electron chi connectivity index (χ1n) is 6.13. The number of aromatic nitrogens is 1. The number of nitrogens with one attached hydrogen (secondary N) is 1. The first kappa shape index (κ1) is 11.2. The van der Waals surface area contributed by atoms with Gasteiger partial charge in [0.2, 0.25) is 0 Å². The Morgan fingerprint density at radius 1 is 1.31 bits per heavy atom. The number of nitrogens with zero attached hydrogens (tertiary/aromatic N) is 1. The van der Waals surface area contributed by atoms with Gasteiger partial charge < -0.3 is 11.1 Å². The first-order valence-corrected chi connectivity index (χ1v) is 6.13. The van der Waals surface area contributed by atoms with E-state index >= 15 is 0 Å². The van der Waals surface area contributed by atoms with Gasteiger partial charge in [-0.15, -0.1) is 0 Å². The van der Waals surface area contributed by atoms with E-state index in [9.17, 15) is 0 Å². The molecular weight excluding hydrogens is 198 g/mol. The number of hydrogen-bond acceptors (Lipinski definition) is 3. The Balaban J connectivity index is 1.95. The predicted molar refractivity (Wildman–Crippen MR) is 68.2 cm³/mol. The van der Waals surface area contributed by atoms with Gasteiger partial charge >= 0.3 is 0 Å². The average Bonchev–Trinajstić information content (AvgIpc) is 2.24. The van der Waals surface area contributed by atoms with E-state index < -0.39 is 0 Å². The fourth-order valence-corrected chi connectivity index (χ4v) is 2.41. The van der Waals surface area contributed by atoms with Crippen LogP contribution in [0.1, 0.15) is 33.1 Å². The van der Waals surface area contributed by atoms with Gasteiger partial charge in [-0.05, 0) is 37.2 Å². The summed E-state index contributed by atoms with van der Waals surface area (Å²) >= 11 is 0. The van der Waals surface area contributed by atoms with Crippen molar-refractivity contribution in [2.75, 3.05) is 11.1 Å². The van der Waals surface area contributed by atoms with Gasteiger partial charge in [-0.2, -0.15) is 0 Å². The Kier molecular flexibility index (Phi) is 3.32. The molecule has 1 aliphatic carbocycles. The monoisotopic (exact) mass is 219 g/mol. The van der Waals surface area contributed by atoms with E-state index in [0.29, 0.717) is 6.04 Å². The summed E-state index contributed by atoms with van der Waals surface area (Å²) in [5, 5.41) is 3.48. The lowest BCUT2D eigenvalue weighted by Gasteiger charge is -2.32. The van der Waals surface area contributed by atoms with Crippen LogP contribution >= 0.6 is 0 Å². The summed E-state index contributed by atoms with van der Waals surface area (Å²) in [5.41, 5.74) is 6.51. The maximum atomic E-state index is 5.73. The summed E-state index contributed by atoms with van der Waals surface area (Å²) in [6, 6.07) is 4.28. The summed E-state index contributed by atoms with van der Waals surface area (Å²) in [5.74, 6) is 2.56. The van der Waals surface area contributed by atoms with E-state index in [1.807, 2.05) is 12.1 Å². The summed E-state index contributed by atoms with van der Waals surface area (Å²) in [7, 11) is 0. The number of rotatable bonds is 2. The highest BCUT2D eigenvalue weighted by atomic mass is 15.0. The van der Waals surface area contributed by atoms with E-state index in [1.165, 1.54) is 19.3 Å². The number of nitrogens with two attached hydrogens (primary N) is 1. The minimum absolute atomic E-state index is 0.556. The van der Waals surface area contributed by atoms with Gasteiger partial charge in [-0.25, -0.2) is 4.98 Å². The maximum absolute atomic E-state index is 5.73. The topological polar surface area (TPSA) is 50.9 Å². The highest BCUT2D eigenvalue weighted by Gasteiger charge is 2.24. The van der Waals surface area contributed by atoms with E-state index in [0.717, 1.165) is 23.3 Å². The van der Waals surface area contributed by atoms with Crippen molar-refractivity contribution in [1.82, 2.24) is 4.98 Å². The maximum Gasteiger partial charge on any atom is 0.128 e. The molecule has 1 aliphatic rings. The van der Waals surface area contributed by atoms with Gasteiger partial charge in [0.25, 0.3) is 0 Å². The van der Waals surface area contributed by atoms with Gasteiger partial charge in [-0.1, -0.05) is 13.8 Å². The fraction of sp³-hybridized carbons (Fsp3) is 0.615. The van der Waals surface area contributed by atoms with Crippen molar-refractivity contribution in [3.8, 4) is 0 Å². The predicted octanol–water partition coefficient (Wildman–Crippen LogP) is 2.90. The van der Waals surface area contributed by atoms with E-state index in [2.05, 4.69) is 24.1 Å². The molecule has 2 rings (SSSR count). The molecule has 1 saturated carbocycles. The molecule has 0 amide bonds. The molecule has 1 aromatic heterocycles. The summed E-state index contributed by atoms with van der Waals surface area (Å²) in [6.07, 6.45) is 5.54. The highest BCUT2D eigenvalue weighted by Crippen LogP contribution is 2.30. The normalized spacial score (nSPS) is 30.0. The Hall–Kier alpha value is -1.25. The van der Waals surface area contributed by atoms with Gasteiger partial charge in [0.1, 0.15) is 5.82 Å². The van der Waals surface area contributed by atoms with E-state index in [-0.39, 0.29) is 0 Å². The lowest BCUT2D eigenvalue weighted by molar-refractivity contribution is 0.260. The van der Waals surface area contributed by atoms with Gasteiger partial charge in [0, 0.05) is 24.0 Å². The molecule has 3 heteroatoms. The van der Waals surface area contributed by atoms with Crippen molar-refractivity contribution in [2.45, 2.75) is 39.2 Å². The van der Waals surface area contributed by atoms with Crippen molar-refractivity contribution < 1.29 is 0 Å². The lowest BCUT2D eigenvalue weighted by Crippen LogP contribution is -2.30. The zero-order valence-corrected chi connectivity index (χ0v) is 10.1. The second kappa shape index (κ2) is 4.73. The second-order valence-electron chi connectivity index (χ2n) is 5.08. The van der Waals surface area contributed by atoms with Crippen LogP contribution in [-0.2, 0) is 0 Å². The zero-order valence-electron chi connectivity index (χ0n) is 10.1. The summed E-state index contributed by atoms with van der Waals surface area (Å²) < 4.78 is 0. The van der Waals surface area contributed by atoms with Crippen LogP contribution in [0.25, 0.3) is 0 Å². The summed E-state index contributed by atoms with van der Waals surface area (Å²) in [4.78, 5) is 4.29. The third-order valence-electron chi connectivity index (χ3n) is 3.73. The molecule has 0 saturated heterocycles. The number of nitrogen functional groups attached to an aromatic ring is 1. The molecule has 3 nitrogen and oxygen atoms in total. The minimum atomic E-state index is 0.556. The number of anilines is 2. The molecule has 3 atom stereocenters. The zero-order chi connectivity index (χ0) is 11.5. The molecule has 0 spiro atoms. The van der Waals surface area contributed by atoms with Gasteiger partial charge in [0.05, 0.1) is 0 Å². The van der Waals surface area contributed by atoms with Crippen LogP contribution in [0.5, 0.6) is 0 Å². The lowest BCUT2D eigenvalue weighted by atomic mass is 9.79. The molecule has 3 N–H and O–H groups in total. The van der Waals surface area contributed by atoms with Crippen molar-refractivity contribution in [1.29, 1.82) is 0 Å². The van der Waals surface area contributed by atoms with Gasteiger partial charge in [-0.3, -0.25) is 0 Å². The largest absolute Gasteiger partial charge is 0.399 e. The number of pyridine rings is 1. The molecule has 1 heterocycles. The molecule has 0 aliphatic heterocycles. The number of hydrogen-bond donors (Lipinski definition) is 2. The standard InChI is InChI=1S/C13H21N3/c1-9-3-4-12(7-10(9)2)16-13-8-11(14)5-6-15-13/h5-6,8-10,12H,3-4,7H2,1-2H3,(H3,14,15,16). The summed E-state index contributed by atoms with van der Waals surface area (Å²) in [6.45, 7) is 4.69. The minimum Gasteiger partial charge on any atom is -0.399 e. The fourth-order valence-electron chi connectivity index (χ4n) is 2.41. The molecule has 1 fully saturated rings. The van der Waals surface area contributed by atoms with Crippen molar-refractivity contribution in [2.24, 2.45) is 11.8 Å². The molecule has 0 radical (unpaired) electrons. The molecule has 16 heavy (non-hydrogen) atoms. The quantitative estimate of drug-likeness (QED) is 0.804. The van der Waals surface area contributed by atoms with E-state index in [4.69, 9.17) is 5.73 Å². The SMILES string of the molecule is CC1CCC(Nc2cc(N)ccn2)CC1C. The molecule has 3 unspecified atom stereocenters. The van der Waals surface area contributed by atoms with Crippen LogP contribution < -0.4 is 11.1 Å². The van der Waals surface area contributed by atoms with Crippen LogP contribution in [-0.4, -0.2) is 11.0 Å².